The van der Waals surface area contributed by atoms with Gasteiger partial charge < -0.3 is 9.73 Å². The smallest absolute Gasteiger partial charge is 0.255 e. The summed E-state index contributed by atoms with van der Waals surface area (Å²) in [5, 5.41) is 4.17. The maximum atomic E-state index is 5.12. The Labute approximate surface area is 96.0 Å². The summed E-state index contributed by atoms with van der Waals surface area (Å²) in [6, 6.07) is 0. The van der Waals surface area contributed by atoms with Crippen molar-refractivity contribution in [3.63, 3.8) is 0 Å². The van der Waals surface area contributed by atoms with E-state index in [0.29, 0.717) is 5.41 Å². The van der Waals surface area contributed by atoms with Crippen molar-refractivity contribution in [2.45, 2.75) is 32.4 Å². The van der Waals surface area contributed by atoms with Crippen molar-refractivity contribution in [2.24, 2.45) is 5.41 Å². The zero-order valence-corrected chi connectivity index (χ0v) is 10.6. The van der Waals surface area contributed by atoms with Gasteiger partial charge in [-0.2, -0.15) is 0 Å². The second-order valence-electron chi connectivity index (χ2n) is 4.71. The van der Waals surface area contributed by atoms with Crippen molar-refractivity contribution < 1.29 is 4.42 Å². The van der Waals surface area contributed by atoms with Gasteiger partial charge in [-0.3, -0.25) is 0 Å². The summed E-state index contributed by atoms with van der Waals surface area (Å²) in [4.78, 5) is 4.04. The van der Waals surface area contributed by atoms with Gasteiger partial charge in [0.05, 0.1) is 6.20 Å². The fraction of sp³-hybridized carbons (Fsp3) is 0.727. The molecule has 0 saturated heterocycles. The molecule has 0 aliphatic rings. The van der Waals surface area contributed by atoms with Crippen LogP contribution in [0.1, 0.15) is 27.2 Å². The van der Waals surface area contributed by atoms with Gasteiger partial charge in [-0.25, -0.2) is 4.98 Å². The number of nitrogens with one attached hydrogen (secondary N) is 1. The zero-order valence-electron chi connectivity index (χ0n) is 9.75. The third-order valence-corrected chi connectivity index (χ3v) is 2.82. The monoisotopic (exact) mass is 228 g/mol. The Kier molecular flexibility index (Phi) is 5.19. The van der Waals surface area contributed by atoms with Gasteiger partial charge in [0.25, 0.3) is 5.22 Å². The Balaban J connectivity index is 1.94. The van der Waals surface area contributed by atoms with Crippen molar-refractivity contribution in [2.75, 3.05) is 18.8 Å². The minimum atomic E-state index is 0.419. The maximum absolute atomic E-state index is 5.12. The average molecular weight is 228 g/mol. The molecule has 1 N–H and O–H groups in total. The zero-order chi connectivity index (χ0) is 11.1. The Morgan fingerprint density at radius 2 is 2.20 bits per heavy atom. The normalized spacial score (nSPS) is 11.9. The molecule has 3 nitrogen and oxygen atoms in total. The molecule has 0 aliphatic heterocycles. The minimum Gasteiger partial charge on any atom is -0.440 e. The molecule has 0 fully saturated rings. The van der Waals surface area contributed by atoms with Crippen LogP contribution >= 0.6 is 11.8 Å². The number of thioether (sulfide) groups is 1. The lowest BCUT2D eigenvalue weighted by atomic mass is 9.92. The summed E-state index contributed by atoms with van der Waals surface area (Å²) in [6.45, 7) is 8.86. The Morgan fingerprint density at radius 3 is 2.80 bits per heavy atom. The lowest BCUT2D eigenvalue weighted by Gasteiger charge is -2.17. The number of hydrogen-bond donors (Lipinski definition) is 1. The van der Waals surface area contributed by atoms with Crippen molar-refractivity contribution in [1.29, 1.82) is 0 Å². The first kappa shape index (κ1) is 12.6. The van der Waals surface area contributed by atoms with Crippen LogP contribution in [0.15, 0.2) is 22.1 Å². The van der Waals surface area contributed by atoms with Crippen LogP contribution in [0.2, 0.25) is 0 Å². The van der Waals surface area contributed by atoms with Crippen molar-refractivity contribution in [1.82, 2.24) is 10.3 Å². The highest BCUT2D eigenvalue weighted by Crippen LogP contribution is 2.17. The molecular weight excluding hydrogens is 208 g/mol. The highest BCUT2D eigenvalue weighted by Gasteiger charge is 2.08. The van der Waals surface area contributed by atoms with E-state index < -0.39 is 0 Å². The van der Waals surface area contributed by atoms with Crippen molar-refractivity contribution >= 4 is 11.8 Å². The number of rotatable bonds is 6. The summed E-state index contributed by atoms with van der Waals surface area (Å²) in [5.41, 5.74) is 0.419. The van der Waals surface area contributed by atoms with Crippen LogP contribution in [-0.4, -0.2) is 23.8 Å². The van der Waals surface area contributed by atoms with Crippen molar-refractivity contribution in [3.05, 3.63) is 12.5 Å². The summed E-state index contributed by atoms with van der Waals surface area (Å²) < 4.78 is 5.12. The van der Waals surface area contributed by atoms with Gasteiger partial charge in [0, 0.05) is 12.3 Å². The SMILES string of the molecule is CC(C)(C)CCNCCSc1ncco1. The van der Waals surface area contributed by atoms with E-state index in [9.17, 15) is 0 Å². The largest absolute Gasteiger partial charge is 0.440 e. The topological polar surface area (TPSA) is 38.1 Å². The Bertz CT molecular complexity index is 254. The van der Waals surface area contributed by atoms with E-state index in [1.165, 1.54) is 6.42 Å². The van der Waals surface area contributed by atoms with Crippen LogP contribution in [0.5, 0.6) is 0 Å². The van der Waals surface area contributed by atoms with Crippen LogP contribution < -0.4 is 5.32 Å². The molecule has 0 aromatic carbocycles. The van der Waals surface area contributed by atoms with Crippen LogP contribution in [-0.2, 0) is 0 Å². The number of aromatic nitrogens is 1. The minimum absolute atomic E-state index is 0.419. The first-order valence-electron chi connectivity index (χ1n) is 5.31. The van der Waals surface area contributed by atoms with Crippen LogP contribution in [0.25, 0.3) is 0 Å². The summed E-state index contributed by atoms with van der Waals surface area (Å²) in [5.74, 6) is 1.00. The van der Waals surface area contributed by atoms with Crippen LogP contribution in [0, 0.1) is 5.41 Å². The van der Waals surface area contributed by atoms with E-state index in [4.69, 9.17) is 4.42 Å². The molecule has 4 heteroatoms. The van der Waals surface area contributed by atoms with E-state index >= 15 is 0 Å². The Hall–Kier alpha value is -0.480. The first-order chi connectivity index (χ1) is 7.08. The van der Waals surface area contributed by atoms with E-state index in [-0.39, 0.29) is 0 Å². The Morgan fingerprint density at radius 1 is 1.40 bits per heavy atom. The molecule has 0 amide bonds. The molecule has 1 aromatic rings. The van der Waals surface area contributed by atoms with E-state index in [2.05, 4.69) is 31.1 Å². The predicted molar refractivity (Wildman–Crippen MR) is 64.2 cm³/mol. The maximum Gasteiger partial charge on any atom is 0.255 e. The number of oxazole rings is 1. The van der Waals surface area contributed by atoms with Gasteiger partial charge >= 0.3 is 0 Å². The molecule has 86 valence electrons. The molecule has 0 aliphatic carbocycles. The van der Waals surface area contributed by atoms with Gasteiger partial charge in [0.2, 0.25) is 0 Å². The molecule has 1 heterocycles. The van der Waals surface area contributed by atoms with Gasteiger partial charge in [-0.1, -0.05) is 32.5 Å². The van der Waals surface area contributed by atoms with E-state index in [1.807, 2.05) is 0 Å². The number of nitrogens with zero attached hydrogens (tertiary/aromatic N) is 1. The van der Waals surface area contributed by atoms with Gasteiger partial charge in [-0.15, -0.1) is 0 Å². The highest BCUT2D eigenvalue weighted by atomic mass is 32.2. The van der Waals surface area contributed by atoms with Crippen LogP contribution in [0.3, 0.4) is 0 Å². The first-order valence-corrected chi connectivity index (χ1v) is 6.29. The van der Waals surface area contributed by atoms with Gasteiger partial charge in [-0.05, 0) is 18.4 Å². The number of hydrogen-bond acceptors (Lipinski definition) is 4. The molecule has 0 unspecified atom stereocenters. The fourth-order valence-electron chi connectivity index (χ4n) is 1.08. The molecule has 1 rings (SSSR count). The van der Waals surface area contributed by atoms with E-state index in [0.717, 1.165) is 24.1 Å². The molecular formula is C11H20N2OS. The lowest BCUT2D eigenvalue weighted by Crippen LogP contribution is -2.22. The van der Waals surface area contributed by atoms with Gasteiger partial charge in [0.1, 0.15) is 6.26 Å². The molecule has 0 radical (unpaired) electrons. The predicted octanol–water partition coefficient (Wildman–Crippen LogP) is 2.79. The molecule has 0 spiro atoms. The summed E-state index contributed by atoms with van der Waals surface area (Å²) in [7, 11) is 0. The third-order valence-electron chi connectivity index (χ3n) is 1.97. The molecule has 0 bridgehead atoms. The quantitative estimate of drug-likeness (QED) is 0.600. The molecule has 1 aromatic heterocycles. The summed E-state index contributed by atoms with van der Waals surface area (Å²) >= 11 is 1.64. The van der Waals surface area contributed by atoms with Gasteiger partial charge in [0.15, 0.2) is 0 Å². The van der Waals surface area contributed by atoms with E-state index in [1.54, 1.807) is 24.2 Å². The van der Waals surface area contributed by atoms with Crippen LogP contribution in [0.4, 0.5) is 0 Å². The fourth-order valence-corrected chi connectivity index (χ4v) is 1.76. The second kappa shape index (κ2) is 6.18. The average Bonchev–Trinajstić information content (AvgIpc) is 2.61. The lowest BCUT2D eigenvalue weighted by molar-refractivity contribution is 0.369. The third kappa shape index (κ3) is 6.57. The summed E-state index contributed by atoms with van der Waals surface area (Å²) in [6.07, 6.45) is 4.49. The van der Waals surface area contributed by atoms with Crippen molar-refractivity contribution in [3.8, 4) is 0 Å². The molecule has 15 heavy (non-hydrogen) atoms. The second-order valence-corrected chi connectivity index (χ2v) is 5.75. The standard InChI is InChI=1S/C11H20N2OS/c1-11(2,3)4-5-12-7-9-15-10-13-6-8-14-10/h6,8,12H,4-5,7,9H2,1-3H3. The highest BCUT2D eigenvalue weighted by molar-refractivity contribution is 7.99. The molecule has 0 saturated carbocycles. The molecule has 0 atom stereocenters.